The standard InChI is InChI=1S/C26H33N3O4/c1-3-33-25(31)12-11-24(30)28-21-9-10-23(29-15-13-19(2)14-16-29)22(17-21)26(32)27-18-20-7-5-4-6-8-20/h4-10,17,19H,3,11-16,18H2,1-2H3,(H,27,32)(H,28,30). The predicted octanol–water partition coefficient (Wildman–Crippen LogP) is 4.13. The summed E-state index contributed by atoms with van der Waals surface area (Å²) in [5.41, 5.74) is 2.95. The first-order chi connectivity index (χ1) is 16.0. The fraction of sp³-hybridized carbons (Fsp3) is 0.423. The molecular weight excluding hydrogens is 418 g/mol. The smallest absolute Gasteiger partial charge is 0.306 e. The van der Waals surface area contributed by atoms with E-state index >= 15 is 0 Å². The van der Waals surface area contributed by atoms with Crippen LogP contribution >= 0.6 is 0 Å². The first kappa shape index (κ1) is 24.3. The molecule has 7 heteroatoms. The first-order valence-corrected chi connectivity index (χ1v) is 11.6. The highest BCUT2D eigenvalue weighted by Crippen LogP contribution is 2.29. The van der Waals surface area contributed by atoms with E-state index in [-0.39, 0.29) is 24.7 Å². The topological polar surface area (TPSA) is 87.7 Å². The lowest BCUT2D eigenvalue weighted by Crippen LogP contribution is -2.35. The van der Waals surface area contributed by atoms with Gasteiger partial charge in [0.25, 0.3) is 5.91 Å². The van der Waals surface area contributed by atoms with E-state index in [0.717, 1.165) is 37.2 Å². The van der Waals surface area contributed by atoms with Crippen molar-refractivity contribution in [3.8, 4) is 0 Å². The summed E-state index contributed by atoms with van der Waals surface area (Å²) >= 11 is 0. The number of carbonyl (C=O) groups excluding carboxylic acids is 3. The molecule has 0 bridgehead atoms. The Morgan fingerprint density at radius 1 is 1.03 bits per heavy atom. The lowest BCUT2D eigenvalue weighted by molar-refractivity contribution is -0.144. The molecule has 3 rings (SSSR count). The minimum Gasteiger partial charge on any atom is -0.466 e. The van der Waals surface area contributed by atoms with Gasteiger partial charge in [0.05, 0.1) is 18.6 Å². The van der Waals surface area contributed by atoms with Crippen LogP contribution in [0.5, 0.6) is 0 Å². The van der Waals surface area contributed by atoms with Gasteiger partial charge in [0.15, 0.2) is 0 Å². The average Bonchev–Trinajstić information content (AvgIpc) is 2.83. The van der Waals surface area contributed by atoms with Crippen LogP contribution in [0.15, 0.2) is 48.5 Å². The third-order valence-electron chi connectivity index (χ3n) is 5.81. The van der Waals surface area contributed by atoms with Crippen LogP contribution in [0, 0.1) is 5.92 Å². The number of nitrogens with zero attached hydrogens (tertiary/aromatic N) is 1. The van der Waals surface area contributed by atoms with Crippen molar-refractivity contribution in [2.75, 3.05) is 29.9 Å². The molecule has 1 saturated heterocycles. The molecule has 7 nitrogen and oxygen atoms in total. The van der Waals surface area contributed by atoms with E-state index in [1.165, 1.54) is 0 Å². The molecule has 0 spiro atoms. The zero-order valence-corrected chi connectivity index (χ0v) is 19.4. The number of benzene rings is 2. The molecular formula is C26H33N3O4. The highest BCUT2D eigenvalue weighted by molar-refractivity contribution is 6.02. The van der Waals surface area contributed by atoms with Crippen LogP contribution < -0.4 is 15.5 Å². The second-order valence-electron chi connectivity index (χ2n) is 8.42. The molecule has 2 aromatic carbocycles. The Morgan fingerprint density at radius 3 is 2.45 bits per heavy atom. The van der Waals surface area contributed by atoms with E-state index in [9.17, 15) is 14.4 Å². The van der Waals surface area contributed by atoms with Crippen molar-refractivity contribution in [2.24, 2.45) is 5.92 Å². The lowest BCUT2D eigenvalue weighted by atomic mass is 9.97. The summed E-state index contributed by atoms with van der Waals surface area (Å²) < 4.78 is 4.87. The van der Waals surface area contributed by atoms with Crippen molar-refractivity contribution in [2.45, 2.75) is 46.1 Å². The Balaban J connectivity index is 1.73. The average molecular weight is 452 g/mol. The van der Waals surface area contributed by atoms with Gasteiger partial charge in [-0.15, -0.1) is 0 Å². The molecule has 33 heavy (non-hydrogen) atoms. The summed E-state index contributed by atoms with van der Waals surface area (Å²) in [7, 11) is 0. The van der Waals surface area contributed by atoms with Crippen molar-refractivity contribution in [1.29, 1.82) is 0 Å². The van der Waals surface area contributed by atoms with Crippen LogP contribution in [-0.2, 0) is 20.9 Å². The van der Waals surface area contributed by atoms with Gasteiger partial charge in [0.2, 0.25) is 5.91 Å². The van der Waals surface area contributed by atoms with Crippen LogP contribution in [0.25, 0.3) is 0 Å². The number of piperidine rings is 1. The number of amides is 2. The van der Waals surface area contributed by atoms with Gasteiger partial charge in [-0.05, 0) is 49.4 Å². The van der Waals surface area contributed by atoms with E-state index in [2.05, 4.69) is 22.5 Å². The maximum atomic E-state index is 13.2. The third kappa shape index (κ3) is 7.34. The largest absolute Gasteiger partial charge is 0.466 e. The molecule has 176 valence electrons. The van der Waals surface area contributed by atoms with Gasteiger partial charge in [0.1, 0.15) is 0 Å². The van der Waals surface area contributed by atoms with Gasteiger partial charge in [-0.3, -0.25) is 14.4 Å². The van der Waals surface area contributed by atoms with Crippen molar-refractivity contribution in [3.05, 3.63) is 59.7 Å². The minimum atomic E-state index is -0.400. The second kappa shape index (κ2) is 12.0. The first-order valence-electron chi connectivity index (χ1n) is 11.6. The summed E-state index contributed by atoms with van der Waals surface area (Å²) in [6.07, 6.45) is 2.21. The number of hydrogen-bond donors (Lipinski definition) is 2. The number of nitrogens with one attached hydrogen (secondary N) is 2. The molecule has 0 radical (unpaired) electrons. The molecule has 1 aliphatic heterocycles. The molecule has 0 atom stereocenters. The van der Waals surface area contributed by atoms with Gasteiger partial charge in [-0.1, -0.05) is 37.3 Å². The fourth-order valence-corrected chi connectivity index (χ4v) is 3.87. The molecule has 1 heterocycles. The van der Waals surface area contributed by atoms with Crippen molar-refractivity contribution >= 4 is 29.2 Å². The third-order valence-corrected chi connectivity index (χ3v) is 5.81. The molecule has 2 N–H and O–H groups in total. The van der Waals surface area contributed by atoms with Gasteiger partial charge in [-0.2, -0.15) is 0 Å². The molecule has 0 unspecified atom stereocenters. The molecule has 2 amide bonds. The van der Waals surface area contributed by atoms with Crippen LogP contribution in [-0.4, -0.2) is 37.5 Å². The summed E-state index contributed by atoms with van der Waals surface area (Å²) in [6.45, 7) is 6.48. The van der Waals surface area contributed by atoms with Crippen molar-refractivity contribution in [3.63, 3.8) is 0 Å². The monoisotopic (exact) mass is 451 g/mol. The number of rotatable bonds is 9. The Labute approximate surface area is 195 Å². The summed E-state index contributed by atoms with van der Waals surface area (Å²) in [6, 6.07) is 15.2. The maximum Gasteiger partial charge on any atom is 0.306 e. The number of ether oxygens (including phenoxy) is 1. The Bertz CT molecular complexity index is 953. The number of esters is 1. The van der Waals surface area contributed by atoms with Gasteiger partial charge < -0.3 is 20.3 Å². The Morgan fingerprint density at radius 2 is 1.76 bits per heavy atom. The highest BCUT2D eigenvalue weighted by Gasteiger charge is 2.22. The van der Waals surface area contributed by atoms with E-state index < -0.39 is 5.97 Å². The van der Waals surface area contributed by atoms with Crippen LogP contribution in [0.1, 0.15) is 55.5 Å². The quantitative estimate of drug-likeness (QED) is 0.560. The van der Waals surface area contributed by atoms with Gasteiger partial charge >= 0.3 is 5.97 Å². The lowest BCUT2D eigenvalue weighted by Gasteiger charge is -2.33. The molecule has 0 aromatic heterocycles. The normalized spacial score (nSPS) is 13.9. The number of hydrogen-bond acceptors (Lipinski definition) is 5. The van der Waals surface area contributed by atoms with E-state index in [1.54, 1.807) is 13.0 Å². The minimum absolute atomic E-state index is 0.0220. The molecule has 0 saturated carbocycles. The highest BCUT2D eigenvalue weighted by atomic mass is 16.5. The summed E-state index contributed by atoms with van der Waals surface area (Å²) in [4.78, 5) is 39.2. The Kier molecular flexibility index (Phi) is 8.87. The van der Waals surface area contributed by atoms with Crippen LogP contribution in [0.2, 0.25) is 0 Å². The Hall–Kier alpha value is -3.35. The van der Waals surface area contributed by atoms with E-state index in [4.69, 9.17) is 4.74 Å². The zero-order valence-electron chi connectivity index (χ0n) is 19.4. The van der Waals surface area contributed by atoms with Crippen molar-refractivity contribution < 1.29 is 19.1 Å². The van der Waals surface area contributed by atoms with Gasteiger partial charge in [0, 0.05) is 37.4 Å². The van der Waals surface area contributed by atoms with Crippen LogP contribution in [0.3, 0.4) is 0 Å². The van der Waals surface area contributed by atoms with Crippen LogP contribution in [0.4, 0.5) is 11.4 Å². The van der Waals surface area contributed by atoms with Crippen molar-refractivity contribution in [1.82, 2.24) is 5.32 Å². The number of carbonyl (C=O) groups is 3. The molecule has 2 aromatic rings. The predicted molar refractivity (Wildman–Crippen MR) is 129 cm³/mol. The maximum absolute atomic E-state index is 13.2. The van der Waals surface area contributed by atoms with E-state index in [0.29, 0.717) is 30.3 Å². The molecule has 1 aliphatic rings. The number of anilines is 2. The summed E-state index contributed by atoms with van der Waals surface area (Å²) in [5, 5.41) is 5.80. The zero-order chi connectivity index (χ0) is 23.6. The SMILES string of the molecule is CCOC(=O)CCC(=O)Nc1ccc(N2CCC(C)CC2)c(C(=O)NCc2ccccc2)c1. The molecule has 0 aliphatic carbocycles. The fourth-order valence-electron chi connectivity index (χ4n) is 3.87. The van der Waals surface area contributed by atoms with Gasteiger partial charge in [-0.25, -0.2) is 0 Å². The summed E-state index contributed by atoms with van der Waals surface area (Å²) in [5.74, 6) is -0.203. The molecule has 1 fully saturated rings. The second-order valence-corrected chi connectivity index (χ2v) is 8.42. The van der Waals surface area contributed by atoms with E-state index in [1.807, 2.05) is 42.5 Å².